The van der Waals surface area contributed by atoms with Gasteiger partial charge in [0.2, 0.25) is 17.8 Å². The lowest BCUT2D eigenvalue weighted by molar-refractivity contribution is -0.115. The minimum absolute atomic E-state index is 0.113. The van der Waals surface area contributed by atoms with Crippen molar-refractivity contribution in [1.29, 1.82) is 0 Å². The smallest absolute Gasteiger partial charge is 0.234 e. The summed E-state index contributed by atoms with van der Waals surface area (Å²) in [5, 5.41) is 8.10. The molecule has 2 aromatic heterocycles. The van der Waals surface area contributed by atoms with Gasteiger partial charge in [-0.1, -0.05) is 13.8 Å². The van der Waals surface area contributed by atoms with E-state index in [4.69, 9.17) is 0 Å². The van der Waals surface area contributed by atoms with Gasteiger partial charge in [-0.25, -0.2) is 0 Å². The first-order valence-corrected chi connectivity index (χ1v) is 8.24. The number of hydrogen-bond acceptors (Lipinski definition) is 6. The molecule has 1 atom stereocenters. The van der Waals surface area contributed by atoms with Crippen molar-refractivity contribution < 1.29 is 4.79 Å². The van der Waals surface area contributed by atoms with Crippen molar-refractivity contribution in [2.75, 3.05) is 10.6 Å². The summed E-state index contributed by atoms with van der Waals surface area (Å²) in [6.07, 6.45) is 1.31. The lowest BCUT2D eigenvalue weighted by atomic mass is 10.1. The first-order valence-electron chi connectivity index (χ1n) is 7.36. The van der Waals surface area contributed by atoms with Crippen LogP contribution in [-0.2, 0) is 4.79 Å². The van der Waals surface area contributed by atoms with Crippen LogP contribution in [0.5, 0.6) is 0 Å². The molecule has 2 N–H and O–H groups in total. The van der Waals surface area contributed by atoms with Gasteiger partial charge in [0, 0.05) is 11.3 Å². The van der Waals surface area contributed by atoms with Gasteiger partial charge in [0.05, 0.1) is 6.04 Å². The van der Waals surface area contributed by atoms with E-state index in [1.165, 1.54) is 10.4 Å². The molecule has 0 spiro atoms. The summed E-state index contributed by atoms with van der Waals surface area (Å²) < 4.78 is 0. The molecule has 0 aromatic carbocycles. The first kappa shape index (κ1) is 16.4. The number of carbonyl (C=O) groups excluding carboxylic acids is 1. The van der Waals surface area contributed by atoms with Crippen LogP contribution >= 0.6 is 11.3 Å². The van der Waals surface area contributed by atoms with Gasteiger partial charge in [-0.15, -0.1) is 11.3 Å². The van der Waals surface area contributed by atoms with E-state index in [1.807, 2.05) is 0 Å². The third kappa shape index (κ3) is 4.00. The molecule has 0 fully saturated rings. The summed E-state index contributed by atoms with van der Waals surface area (Å²) in [5.74, 6) is 1.23. The molecule has 22 heavy (non-hydrogen) atoms. The first-order chi connectivity index (χ1) is 10.5. The van der Waals surface area contributed by atoms with Crippen molar-refractivity contribution in [1.82, 2.24) is 15.0 Å². The minimum atomic E-state index is -0.113. The monoisotopic (exact) mass is 319 g/mol. The molecule has 0 aliphatic carbocycles. The van der Waals surface area contributed by atoms with Crippen LogP contribution in [0, 0.1) is 13.8 Å². The standard InChI is InChI=1S/C15H21N5OS/c1-5-11(13-9(3)7-8-22-13)18-14-16-10(4)17-15(20-14)19-12(21)6-2/h7-8,11H,5-6H2,1-4H3,(H2,16,17,18,19,20,21). The van der Waals surface area contributed by atoms with E-state index in [9.17, 15) is 4.79 Å². The van der Waals surface area contributed by atoms with Crippen molar-refractivity contribution in [2.24, 2.45) is 0 Å². The topological polar surface area (TPSA) is 79.8 Å². The number of carbonyl (C=O) groups is 1. The van der Waals surface area contributed by atoms with Crippen molar-refractivity contribution in [3.05, 3.63) is 27.7 Å². The largest absolute Gasteiger partial charge is 0.346 e. The van der Waals surface area contributed by atoms with Gasteiger partial charge >= 0.3 is 0 Å². The van der Waals surface area contributed by atoms with E-state index >= 15 is 0 Å². The fourth-order valence-electron chi connectivity index (χ4n) is 2.07. The van der Waals surface area contributed by atoms with Crippen LogP contribution in [-0.4, -0.2) is 20.9 Å². The number of hydrogen-bond donors (Lipinski definition) is 2. The van der Waals surface area contributed by atoms with Gasteiger partial charge in [0.25, 0.3) is 0 Å². The number of nitrogens with one attached hydrogen (secondary N) is 2. The summed E-state index contributed by atoms with van der Waals surface area (Å²) >= 11 is 1.72. The molecule has 0 radical (unpaired) electrons. The van der Waals surface area contributed by atoms with E-state index in [1.54, 1.807) is 25.2 Å². The second kappa shape index (κ2) is 7.31. The predicted octanol–water partition coefficient (Wildman–Crippen LogP) is 3.46. The zero-order valence-corrected chi connectivity index (χ0v) is 14.1. The van der Waals surface area contributed by atoms with Crippen molar-refractivity contribution in [3.8, 4) is 0 Å². The predicted molar refractivity (Wildman–Crippen MR) is 89.2 cm³/mol. The fraction of sp³-hybridized carbons (Fsp3) is 0.467. The van der Waals surface area contributed by atoms with Crippen LogP contribution in [0.1, 0.15) is 49.0 Å². The lowest BCUT2D eigenvalue weighted by Crippen LogP contribution is -2.17. The molecule has 2 rings (SSSR count). The third-order valence-corrected chi connectivity index (χ3v) is 4.38. The Labute approximate surface area is 134 Å². The van der Waals surface area contributed by atoms with E-state index < -0.39 is 0 Å². The lowest BCUT2D eigenvalue weighted by Gasteiger charge is -2.17. The van der Waals surface area contributed by atoms with Crippen LogP contribution in [0.2, 0.25) is 0 Å². The molecule has 1 amide bonds. The third-order valence-electron chi connectivity index (χ3n) is 3.25. The molecular weight excluding hydrogens is 298 g/mol. The Balaban J connectivity index is 2.21. The number of anilines is 2. The van der Waals surface area contributed by atoms with E-state index in [0.717, 1.165) is 6.42 Å². The Morgan fingerprint density at radius 2 is 1.95 bits per heavy atom. The highest BCUT2D eigenvalue weighted by Gasteiger charge is 2.15. The highest BCUT2D eigenvalue weighted by Crippen LogP contribution is 2.28. The SMILES string of the molecule is CCC(=O)Nc1nc(C)nc(NC(CC)c2sccc2C)n1. The molecule has 6 nitrogen and oxygen atoms in total. The summed E-state index contributed by atoms with van der Waals surface area (Å²) in [4.78, 5) is 25.5. The molecule has 0 saturated carbocycles. The minimum Gasteiger partial charge on any atom is -0.346 e. The maximum absolute atomic E-state index is 11.5. The van der Waals surface area contributed by atoms with Gasteiger partial charge in [-0.2, -0.15) is 15.0 Å². The second-order valence-electron chi connectivity index (χ2n) is 5.00. The van der Waals surface area contributed by atoms with Crippen LogP contribution in [0.3, 0.4) is 0 Å². The normalized spacial score (nSPS) is 12.0. The Hall–Kier alpha value is -2.02. The molecule has 1 unspecified atom stereocenters. The van der Waals surface area contributed by atoms with Crippen LogP contribution in [0.25, 0.3) is 0 Å². The van der Waals surface area contributed by atoms with Gasteiger partial charge in [0.1, 0.15) is 5.82 Å². The second-order valence-corrected chi connectivity index (χ2v) is 5.95. The molecule has 0 bridgehead atoms. The average molecular weight is 319 g/mol. The molecule has 0 aliphatic heterocycles. The molecular formula is C15H21N5OS. The molecule has 118 valence electrons. The summed E-state index contributed by atoms with van der Waals surface area (Å²) in [5.41, 5.74) is 1.26. The molecule has 2 aromatic rings. The number of aromatic nitrogens is 3. The number of thiophene rings is 1. The molecule has 0 aliphatic rings. The zero-order chi connectivity index (χ0) is 16.1. The van der Waals surface area contributed by atoms with E-state index in [0.29, 0.717) is 24.1 Å². The Kier molecular flexibility index (Phi) is 5.43. The number of rotatable bonds is 6. The summed E-state index contributed by atoms with van der Waals surface area (Å²) in [7, 11) is 0. The summed E-state index contributed by atoms with van der Waals surface area (Å²) in [6, 6.07) is 2.26. The number of amides is 1. The summed E-state index contributed by atoms with van der Waals surface area (Å²) in [6.45, 7) is 7.79. The van der Waals surface area contributed by atoms with Gasteiger partial charge < -0.3 is 5.32 Å². The van der Waals surface area contributed by atoms with Gasteiger partial charge in [-0.3, -0.25) is 10.1 Å². The van der Waals surface area contributed by atoms with E-state index in [-0.39, 0.29) is 11.9 Å². The Morgan fingerprint density at radius 3 is 2.55 bits per heavy atom. The van der Waals surface area contributed by atoms with Gasteiger partial charge in [-0.05, 0) is 37.3 Å². The quantitative estimate of drug-likeness (QED) is 0.852. The highest BCUT2D eigenvalue weighted by molar-refractivity contribution is 7.10. The van der Waals surface area contributed by atoms with E-state index in [2.05, 4.69) is 50.9 Å². The average Bonchev–Trinajstić information content (AvgIpc) is 2.90. The van der Waals surface area contributed by atoms with Gasteiger partial charge in [0.15, 0.2) is 0 Å². The Morgan fingerprint density at radius 1 is 1.23 bits per heavy atom. The number of nitrogens with zero attached hydrogens (tertiary/aromatic N) is 3. The maximum Gasteiger partial charge on any atom is 0.234 e. The van der Waals surface area contributed by atoms with Crippen molar-refractivity contribution in [3.63, 3.8) is 0 Å². The maximum atomic E-state index is 11.5. The van der Waals surface area contributed by atoms with Crippen LogP contribution < -0.4 is 10.6 Å². The van der Waals surface area contributed by atoms with Crippen LogP contribution in [0.4, 0.5) is 11.9 Å². The molecule has 0 saturated heterocycles. The van der Waals surface area contributed by atoms with Crippen molar-refractivity contribution >= 4 is 29.1 Å². The molecule has 2 heterocycles. The molecule has 7 heteroatoms. The Bertz CT molecular complexity index is 655. The van der Waals surface area contributed by atoms with Crippen LogP contribution in [0.15, 0.2) is 11.4 Å². The fourth-order valence-corrected chi connectivity index (χ4v) is 3.13. The van der Waals surface area contributed by atoms with Crippen molar-refractivity contribution in [2.45, 2.75) is 46.6 Å². The highest BCUT2D eigenvalue weighted by atomic mass is 32.1. The zero-order valence-electron chi connectivity index (χ0n) is 13.3. The number of aryl methyl sites for hydroxylation is 2.